The molecule has 132 valence electrons. The summed E-state index contributed by atoms with van der Waals surface area (Å²) in [6.07, 6.45) is 0. The molecule has 7 heteroatoms. The Morgan fingerprint density at radius 3 is 1.86 bits per heavy atom. The summed E-state index contributed by atoms with van der Waals surface area (Å²) < 4.78 is 7.90. The van der Waals surface area contributed by atoms with Crippen molar-refractivity contribution in [1.29, 1.82) is 0 Å². The van der Waals surface area contributed by atoms with Crippen molar-refractivity contribution >= 4 is 25.3 Å². The first-order valence-corrected chi connectivity index (χ1v) is 9.23. The molecular formula is C15H32N3OS2Tc. The monoisotopic (exact) mass is 433 g/mol. The van der Waals surface area contributed by atoms with Crippen molar-refractivity contribution in [2.45, 2.75) is 57.1 Å². The second kappa shape index (κ2) is 13.3. The number of rotatable bonds is 11. The Bertz CT molecular complexity index is 272. The van der Waals surface area contributed by atoms with Crippen molar-refractivity contribution in [3.05, 3.63) is 10.6 Å². The zero-order valence-corrected chi connectivity index (χ0v) is 18.3. The maximum absolute atomic E-state index is 8.22. The van der Waals surface area contributed by atoms with Crippen LogP contribution >= 0.6 is 0 Å². The number of likely N-dealkylation sites (N-methyl/N-ethyl adjacent to an activating group) is 1. The van der Waals surface area contributed by atoms with Crippen molar-refractivity contribution < 1.29 is 23.8 Å². The Kier molecular flexibility index (Phi) is 15.3. The van der Waals surface area contributed by atoms with Gasteiger partial charge in [-0.1, -0.05) is 41.5 Å². The third kappa shape index (κ3) is 17.4. The Balaban J connectivity index is -0.00000128. The van der Waals surface area contributed by atoms with Gasteiger partial charge in [-0.05, 0) is 19.6 Å². The fourth-order valence-electron chi connectivity index (χ4n) is 1.78. The van der Waals surface area contributed by atoms with Gasteiger partial charge < -0.3 is 40.8 Å². The zero-order valence-electron chi connectivity index (χ0n) is 15.8. The third-order valence-electron chi connectivity index (χ3n) is 2.93. The molecule has 0 saturated heterocycles. The first-order chi connectivity index (χ1) is 10.1. The van der Waals surface area contributed by atoms with Crippen LogP contribution < -0.4 is 0 Å². The summed E-state index contributed by atoms with van der Waals surface area (Å²) in [5, 5.41) is 9.38. The van der Waals surface area contributed by atoms with Gasteiger partial charge in [0.05, 0.1) is 0 Å². The molecule has 1 unspecified atom stereocenters. The number of hydrogen-bond donors (Lipinski definition) is 0. The standard InChI is InChI=1S/C15H33N3S2.O.Tc/c1-7-18(8-2)10-13(17-12-15(5,6)20)9-16-11-14(3,4)19;;/h13,19-20H,7-12H2,1-6H3;;/q-2;;+3/p-1/i;;1+1. The predicted molar refractivity (Wildman–Crippen MR) is 97.6 cm³/mol. The fourth-order valence-corrected chi connectivity index (χ4v) is 1.95. The summed E-state index contributed by atoms with van der Waals surface area (Å²) in [4.78, 5) is 2.39. The van der Waals surface area contributed by atoms with E-state index in [0.29, 0.717) is 13.1 Å². The van der Waals surface area contributed by atoms with Gasteiger partial charge in [-0.3, -0.25) is 0 Å². The zero-order chi connectivity index (χ0) is 17.8. The van der Waals surface area contributed by atoms with Gasteiger partial charge in [0.2, 0.25) is 0 Å². The molecule has 0 amide bonds. The molecule has 0 fully saturated rings. The quantitative estimate of drug-likeness (QED) is 0.470. The molecule has 0 bridgehead atoms. The molecule has 0 radical (unpaired) electrons. The van der Waals surface area contributed by atoms with Crippen LogP contribution in [0.4, 0.5) is 0 Å². The van der Waals surface area contributed by atoms with Crippen LogP contribution in [0.3, 0.4) is 0 Å². The van der Waals surface area contributed by atoms with E-state index in [2.05, 4.69) is 24.1 Å². The first-order valence-electron chi connectivity index (χ1n) is 7.66. The molecule has 0 spiro atoms. The van der Waals surface area contributed by atoms with E-state index in [0.717, 1.165) is 45.0 Å². The van der Waals surface area contributed by atoms with Gasteiger partial charge in [0.1, 0.15) is 0 Å². The van der Waals surface area contributed by atoms with Gasteiger partial charge in [0, 0.05) is 0 Å². The molecule has 0 aliphatic rings. The summed E-state index contributed by atoms with van der Waals surface area (Å²) in [6, 6.07) is 0.231. The first kappa shape index (κ1) is 25.3. The van der Waals surface area contributed by atoms with E-state index in [-0.39, 0.29) is 17.0 Å². The van der Waals surface area contributed by atoms with E-state index in [4.69, 9.17) is 34.1 Å². The van der Waals surface area contributed by atoms with E-state index in [9.17, 15) is 0 Å². The Hall–Kier alpha value is 1.03. The topological polar surface area (TPSA) is 48.5 Å². The molecule has 22 heavy (non-hydrogen) atoms. The molecule has 0 aliphatic carbocycles. The van der Waals surface area contributed by atoms with Crippen molar-refractivity contribution in [2.75, 3.05) is 39.3 Å². The molecule has 0 aromatic heterocycles. The van der Waals surface area contributed by atoms with E-state index in [1.165, 1.54) is 0 Å². The molecule has 0 N–H and O–H groups in total. The van der Waals surface area contributed by atoms with Crippen molar-refractivity contribution in [1.82, 2.24) is 4.90 Å². The van der Waals surface area contributed by atoms with Crippen molar-refractivity contribution in [3.8, 4) is 0 Å². The Morgan fingerprint density at radius 2 is 1.50 bits per heavy atom. The number of nitrogens with zero attached hydrogens (tertiary/aromatic N) is 3. The molecule has 4 nitrogen and oxygen atoms in total. The van der Waals surface area contributed by atoms with Crippen LogP contribution in [0.15, 0.2) is 0 Å². The normalized spacial score (nSPS) is 13.6. The molecule has 0 aromatic rings. The fraction of sp³-hybridized carbons (Fsp3) is 1.00. The maximum atomic E-state index is 8.22. The molecule has 0 aliphatic heterocycles. The molecule has 0 saturated carbocycles. The second-order valence-electron chi connectivity index (χ2n) is 6.56. The van der Waals surface area contributed by atoms with Crippen molar-refractivity contribution in [3.63, 3.8) is 0 Å². The molecular weight excluding hydrogens is 401 g/mol. The van der Waals surface area contributed by atoms with Crippen molar-refractivity contribution in [2.24, 2.45) is 0 Å². The molecule has 0 heterocycles. The summed E-state index contributed by atoms with van der Waals surface area (Å²) in [5.41, 5.74) is 0. The third-order valence-corrected chi connectivity index (χ3v) is 3.18. The van der Waals surface area contributed by atoms with Gasteiger partial charge in [-0.2, -0.15) is 29.1 Å². The van der Waals surface area contributed by atoms with Crippen LogP contribution in [0, 0.1) is 0 Å². The second-order valence-corrected chi connectivity index (χ2v) is 8.77. The van der Waals surface area contributed by atoms with Crippen LogP contribution in [0.2, 0.25) is 0 Å². The minimum absolute atomic E-state index is 0. The van der Waals surface area contributed by atoms with Gasteiger partial charge in [0.25, 0.3) is 0 Å². The van der Waals surface area contributed by atoms with Crippen LogP contribution in [-0.4, -0.2) is 59.7 Å². The van der Waals surface area contributed by atoms with Gasteiger partial charge in [-0.25, -0.2) is 0 Å². The van der Waals surface area contributed by atoms with E-state index < -0.39 is 0 Å². The SMILES string of the molecule is CCN(CC)CC(C[N-]CC(C)(C)[S-])[N-]CC(C)(C)[S-].[H+].[O]=[99Tc+3]. The molecule has 1 atom stereocenters. The van der Waals surface area contributed by atoms with E-state index in [1.807, 2.05) is 27.7 Å². The Morgan fingerprint density at radius 1 is 1.05 bits per heavy atom. The Labute approximate surface area is 160 Å². The van der Waals surface area contributed by atoms with Crippen LogP contribution in [0.25, 0.3) is 10.6 Å². The molecule has 0 aromatic carbocycles. The van der Waals surface area contributed by atoms with Crippen LogP contribution in [0.5, 0.6) is 0 Å². The van der Waals surface area contributed by atoms with Crippen LogP contribution in [0.1, 0.15) is 43.0 Å². The summed E-state index contributed by atoms with van der Waals surface area (Å²) in [5.74, 6) is 0. The van der Waals surface area contributed by atoms with Crippen LogP contribution in [-0.2, 0) is 47.6 Å². The number of hydrogen-bond acceptors (Lipinski definition) is 4. The predicted octanol–water partition coefficient (Wildman–Crippen LogP) is 3.09. The van der Waals surface area contributed by atoms with Gasteiger partial charge >= 0.3 is 23.8 Å². The summed E-state index contributed by atoms with van der Waals surface area (Å²) >= 11 is 11.6. The average molecular weight is 433 g/mol. The average Bonchev–Trinajstić information content (AvgIpc) is 2.41. The van der Waals surface area contributed by atoms with E-state index in [1.54, 1.807) is 0 Å². The summed E-state index contributed by atoms with van der Waals surface area (Å²) in [6.45, 7) is 17.8. The summed E-state index contributed by atoms with van der Waals surface area (Å²) in [7, 11) is 0. The minimum atomic E-state index is -0.168. The van der Waals surface area contributed by atoms with Gasteiger partial charge in [0.15, 0.2) is 0 Å². The molecule has 0 rings (SSSR count). The van der Waals surface area contributed by atoms with Gasteiger partial charge in [-0.15, -0.1) is 6.04 Å². The van der Waals surface area contributed by atoms with E-state index >= 15 is 0 Å².